The third-order valence-electron chi connectivity index (χ3n) is 5.14. The van der Waals surface area contributed by atoms with E-state index in [0.717, 1.165) is 4.90 Å². The van der Waals surface area contributed by atoms with E-state index in [-0.39, 0.29) is 47.4 Å². The van der Waals surface area contributed by atoms with Crippen LogP contribution in [0.25, 0.3) is 6.08 Å². The quantitative estimate of drug-likeness (QED) is 0.164. The fourth-order valence-corrected chi connectivity index (χ4v) is 3.34. The maximum atomic E-state index is 13.1. The summed E-state index contributed by atoms with van der Waals surface area (Å²) >= 11 is 0. The smallest absolute Gasteiger partial charge is 0.373 e. The molecule has 0 bridgehead atoms. The predicted octanol–water partition coefficient (Wildman–Crippen LogP) is 3.79. The van der Waals surface area contributed by atoms with E-state index in [4.69, 9.17) is 9.15 Å². The number of nitrogens with zero attached hydrogens (tertiary/aromatic N) is 2. The van der Waals surface area contributed by atoms with E-state index in [1.165, 1.54) is 67.8 Å². The minimum Gasteiger partial charge on any atom is -0.488 e. The Balaban J connectivity index is 1.57. The standard InChI is InChI=1S/C24H18FN3O8/c1-34-23(30)21-9-7-18(36-21)12-27-22(29)19(26-24(27)31)11-15-10-17(28(32)33)6-8-20(15)35-13-14-2-4-16(25)5-3-14/h2-11H,12-13H2,1H3,(H,26,31)/b19-11-. The van der Waals surface area contributed by atoms with E-state index in [9.17, 15) is 28.9 Å². The van der Waals surface area contributed by atoms with E-state index in [0.29, 0.717) is 5.56 Å². The van der Waals surface area contributed by atoms with Crippen LogP contribution in [0, 0.1) is 15.9 Å². The molecular weight excluding hydrogens is 477 g/mol. The monoisotopic (exact) mass is 495 g/mol. The molecule has 184 valence electrons. The molecule has 1 N–H and O–H groups in total. The van der Waals surface area contributed by atoms with Gasteiger partial charge in [-0.3, -0.25) is 19.8 Å². The Kier molecular flexibility index (Phi) is 6.77. The lowest BCUT2D eigenvalue weighted by molar-refractivity contribution is -0.384. The van der Waals surface area contributed by atoms with Gasteiger partial charge in [-0.25, -0.2) is 14.0 Å². The molecule has 3 aromatic rings. The van der Waals surface area contributed by atoms with Gasteiger partial charge in [-0.05, 0) is 42.0 Å². The molecule has 0 saturated carbocycles. The van der Waals surface area contributed by atoms with Gasteiger partial charge in [0, 0.05) is 17.7 Å². The molecule has 0 spiro atoms. The Bertz CT molecular complexity index is 1380. The number of ether oxygens (including phenoxy) is 2. The second-order valence-corrected chi connectivity index (χ2v) is 7.53. The topological polar surface area (TPSA) is 141 Å². The average molecular weight is 495 g/mol. The second kappa shape index (κ2) is 10.1. The Morgan fingerprint density at radius 3 is 2.61 bits per heavy atom. The lowest BCUT2D eigenvalue weighted by Crippen LogP contribution is -2.30. The van der Waals surface area contributed by atoms with Crippen molar-refractivity contribution in [3.8, 4) is 5.75 Å². The van der Waals surface area contributed by atoms with Crippen LogP contribution in [0.15, 0.2) is 64.7 Å². The van der Waals surface area contributed by atoms with Crippen molar-refractivity contribution < 1.29 is 37.6 Å². The zero-order valence-corrected chi connectivity index (χ0v) is 18.7. The Labute approximate surface area is 202 Å². The summed E-state index contributed by atoms with van der Waals surface area (Å²) in [7, 11) is 1.19. The number of urea groups is 1. The first kappa shape index (κ1) is 24.1. The zero-order chi connectivity index (χ0) is 25.8. The van der Waals surface area contributed by atoms with Crippen molar-refractivity contribution in [3.05, 3.63) is 98.9 Å². The third kappa shape index (κ3) is 5.22. The number of carbonyl (C=O) groups excluding carboxylic acids is 3. The van der Waals surface area contributed by atoms with Gasteiger partial charge >= 0.3 is 12.0 Å². The molecule has 2 heterocycles. The number of nitro groups is 1. The van der Waals surface area contributed by atoms with Crippen LogP contribution in [0.5, 0.6) is 5.75 Å². The molecule has 1 aromatic heterocycles. The summed E-state index contributed by atoms with van der Waals surface area (Å²) in [5, 5.41) is 13.7. The van der Waals surface area contributed by atoms with Gasteiger partial charge in [0.1, 0.15) is 29.6 Å². The molecule has 11 nitrogen and oxygen atoms in total. The number of nitro benzene ring substituents is 1. The Morgan fingerprint density at radius 2 is 1.92 bits per heavy atom. The van der Waals surface area contributed by atoms with Crippen LogP contribution >= 0.6 is 0 Å². The lowest BCUT2D eigenvalue weighted by Gasteiger charge is -2.10. The highest BCUT2D eigenvalue weighted by Crippen LogP contribution is 2.28. The maximum absolute atomic E-state index is 13.1. The van der Waals surface area contributed by atoms with Crippen molar-refractivity contribution in [1.82, 2.24) is 10.2 Å². The number of rotatable bonds is 8. The number of nitrogens with one attached hydrogen (secondary N) is 1. The van der Waals surface area contributed by atoms with Gasteiger partial charge in [0.15, 0.2) is 0 Å². The highest BCUT2D eigenvalue weighted by Gasteiger charge is 2.34. The molecule has 0 unspecified atom stereocenters. The van der Waals surface area contributed by atoms with Gasteiger partial charge < -0.3 is 19.2 Å². The number of carbonyl (C=O) groups is 3. The van der Waals surface area contributed by atoms with E-state index in [2.05, 4.69) is 10.1 Å². The molecule has 2 aromatic carbocycles. The van der Waals surface area contributed by atoms with E-state index < -0.39 is 28.6 Å². The minimum atomic E-state index is -0.749. The van der Waals surface area contributed by atoms with Gasteiger partial charge in [0.2, 0.25) is 5.76 Å². The third-order valence-corrected chi connectivity index (χ3v) is 5.14. The fourth-order valence-electron chi connectivity index (χ4n) is 3.34. The van der Waals surface area contributed by atoms with Crippen molar-refractivity contribution in [3.63, 3.8) is 0 Å². The number of halogens is 1. The fraction of sp³-hybridized carbons (Fsp3) is 0.125. The van der Waals surface area contributed by atoms with Crippen molar-refractivity contribution in [2.75, 3.05) is 7.11 Å². The summed E-state index contributed by atoms with van der Waals surface area (Å²) in [4.78, 5) is 48.4. The first-order valence-corrected chi connectivity index (χ1v) is 10.4. The highest BCUT2D eigenvalue weighted by molar-refractivity contribution is 6.14. The summed E-state index contributed by atoms with van der Waals surface area (Å²) in [5.74, 6) is -1.55. The Morgan fingerprint density at radius 1 is 1.17 bits per heavy atom. The van der Waals surface area contributed by atoms with E-state index in [1.54, 1.807) is 0 Å². The number of methoxy groups -OCH3 is 1. The molecule has 1 aliphatic heterocycles. The minimum absolute atomic E-state index is 0.0295. The molecule has 1 aliphatic rings. The molecule has 36 heavy (non-hydrogen) atoms. The number of benzene rings is 2. The number of furan rings is 1. The lowest BCUT2D eigenvalue weighted by atomic mass is 10.1. The summed E-state index contributed by atoms with van der Waals surface area (Å²) in [5.41, 5.74) is 0.416. The summed E-state index contributed by atoms with van der Waals surface area (Å²) < 4.78 is 28.7. The Hall–Kier alpha value is -5.00. The molecule has 0 atom stereocenters. The van der Waals surface area contributed by atoms with Crippen LogP contribution in [-0.4, -0.2) is 34.8 Å². The van der Waals surface area contributed by atoms with E-state index in [1.807, 2.05) is 0 Å². The number of esters is 1. The van der Waals surface area contributed by atoms with E-state index >= 15 is 0 Å². The average Bonchev–Trinajstić information content (AvgIpc) is 3.44. The molecule has 0 radical (unpaired) electrons. The maximum Gasteiger partial charge on any atom is 0.373 e. The molecule has 0 aliphatic carbocycles. The van der Waals surface area contributed by atoms with Crippen LogP contribution in [0.4, 0.5) is 14.9 Å². The number of imide groups is 1. The van der Waals surface area contributed by atoms with Crippen LogP contribution < -0.4 is 10.1 Å². The first-order chi connectivity index (χ1) is 17.2. The van der Waals surface area contributed by atoms with Crippen LogP contribution in [-0.2, 0) is 22.7 Å². The van der Waals surface area contributed by atoms with Gasteiger partial charge in [0.05, 0.1) is 18.6 Å². The molecule has 3 amide bonds. The number of non-ortho nitro benzene ring substituents is 1. The van der Waals surface area contributed by atoms with Gasteiger partial charge in [-0.2, -0.15) is 0 Å². The van der Waals surface area contributed by atoms with Gasteiger partial charge in [-0.15, -0.1) is 0 Å². The van der Waals surface area contributed by atoms with Crippen LogP contribution in [0.1, 0.15) is 27.4 Å². The van der Waals surface area contributed by atoms with Crippen LogP contribution in [0.2, 0.25) is 0 Å². The summed E-state index contributed by atoms with van der Waals surface area (Å²) in [6.45, 7) is -0.233. The number of hydrogen-bond acceptors (Lipinski definition) is 8. The highest BCUT2D eigenvalue weighted by atomic mass is 19.1. The van der Waals surface area contributed by atoms with Crippen molar-refractivity contribution in [2.24, 2.45) is 0 Å². The normalized spacial score (nSPS) is 14.2. The number of hydrogen-bond donors (Lipinski definition) is 1. The van der Waals surface area contributed by atoms with Crippen molar-refractivity contribution >= 4 is 29.7 Å². The number of amides is 3. The molecule has 1 fully saturated rings. The molecular formula is C24H18FN3O8. The summed E-state index contributed by atoms with van der Waals surface area (Å²) in [6.07, 6.45) is 1.26. The first-order valence-electron chi connectivity index (χ1n) is 10.4. The SMILES string of the molecule is COC(=O)c1ccc(CN2C(=O)N/C(=C\c3cc([N+](=O)[O-])ccc3OCc3ccc(F)cc3)C2=O)o1. The largest absolute Gasteiger partial charge is 0.488 e. The van der Waals surface area contributed by atoms with Crippen LogP contribution in [0.3, 0.4) is 0 Å². The van der Waals surface area contributed by atoms with Gasteiger partial charge in [-0.1, -0.05) is 12.1 Å². The molecule has 1 saturated heterocycles. The predicted molar refractivity (Wildman–Crippen MR) is 121 cm³/mol. The summed E-state index contributed by atoms with van der Waals surface area (Å²) in [6, 6.07) is 11.4. The molecule has 4 rings (SSSR count). The zero-order valence-electron chi connectivity index (χ0n) is 18.7. The molecule has 12 heteroatoms. The van der Waals surface area contributed by atoms with Gasteiger partial charge in [0.25, 0.3) is 11.6 Å². The van der Waals surface area contributed by atoms with Crippen molar-refractivity contribution in [1.29, 1.82) is 0 Å². The van der Waals surface area contributed by atoms with Crippen molar-refractivity contribution in [2.45, 2.75) is 13.2 Å². The second-order valence-electron chi connectivity index (χ2n) is 7.53.